The van der Waals surface area contributed by atoms with E-state index in [9.17, 15) is 14.7 Å². The largest absolute Gasteiger partial charge is 0.495 e. The Labute approximate surface area is 163 Å². The van der Waals surface area contributed by atoms with Gasteiger partial charge in [0.2, 0.25) is 0 Å². The highest BCUT2D eigenvalue weighted by molar-refractivity contribution is 5.95. The summed E-state index contributed by atoms with van der Waals surface area (Å²) in [6.07, 6.45) is 2.13. The fourth-order valence-corrected chi connectivity index (χ4v) is 2.94. The van der Waals surface area contributed by atoms with Gasteiger partial charge in [-0.15, -0.1) is 12.4 Å². The van der Waals surface area contributed by atoms with Gasteiger partial charge in [0.25, 0.3) is 0 Å². The lowest BCUT2D eigenvalue weighted by atomic mass is 10.0. The van der Waals surface area contributed by atoms with Gasteiger partial charge in [0.15, 0.2) is 5.78 Å². The molecule has 7 heteroatoms. The summed E-state index contributed by atoms with van der Waals surface area (Å²) < 4.78 is 5.31. The van der Waals surface area contributed by atoms with Gasteiger partial charge in [-0.2, -0.15) is 0 Å². The number of para-hydroxylation sites is 1. The molecule has 0 bridgehead atoms. The standard InChI is InChI=1S/C20H20N2O4.ClH/c1-12(23)13-7-8-17(19(10-13)26-2)22-18(20(24)25)9-14-11-21-16-6-4-3-5-15(14)16;/h3-8,10-11,18,21-22H,9H2,1-2H3,(H,24,25);1H. The summed E-state index contributed by atoms with van der Waals surface area (Å²) in [6.45, 7) is 1.47. The topological polar surface area (TPSA) is 91.4 Å². The molecule has 0 aliphatic rings. The van der Waals surface area contributed by atoms with Crippen LogP contribution in [0.3, 0.4) is 0 Å². The Hall–Kier alpha value is -2.99. The van der Waals surface area contributed by atoms with Crippen molar-refractivity contribution in [1.82, 2.24) is 4.98 Å². The third-order valence-electron chi connectivity index (χ3n) is 4.33. The Bertz CT molecular complexity index is 968. The summed E-state index contributed by atoms with van der Waals surface area (Å²) in [4.78, 5) is 26.4. The minimum absolute atomic E-state index is 0. The van der Waals surface area contributed by atoms with Crippen molar-refractivity contribution in [2.75, 3.05) is 12.4 Å². The lowest BCUT2D eigenvalue weighted by Crippen LogP contribution is -2.31. The summed E-state index contributed by atoms with van der Waals surface area (Å²) in [5.74, 6) is -0.612. The van der Waals surface area contributed by atoms with E-state index >= 15 is 0 Å². The molecule has 2 aromatic carbocycles. The van der Waals surface area contributed by atoms with E-state index < -0.39 is 12.0 Å². The van der Waals surface area contributed by atoms with E-state index in [1.807, 2.05) is 30.5 Å². The summed E-state index contributed by atoms with van der Waals surface area (Å²) in [7, 11) is 1.49. The number of hydrogen-bond donors (Lipinski definition) is 3. The van der Waals surface area contributed by atoms with Gasteiger partial charge in [-0.3, -0.25) is 4.79 Å². The number of carbonyl (C=O) groups is 2. The number of carbonyl (C=O) groups excluding carboxylic acids is 1. The van der Waals surface area contributed by atoms with E-state index in [0.29, 0.717) is 23.4 Å². The summed E-state index contributed by atoms with van der Waals surface area (Å²) in [5, 5.41) is 13.7. The van der Waals surface area contributed by atoms with Crippen molar-refractivity contribution >= 4 is 40.7 Å². The van der Waals surface area contributed by atoms with E-state index in [1.165, 1.54) is 14.0 Å². The molecule has 0 radical (unpaired) electrons. The number of nitrogens with one attached hydrogen (secondary N) is 2. The van der Waals surface area contributed by atoms with Crippen LogP contribution < -0.4 is 10.1 Å². The number of aromatic nitrogens is 1. The lowest BCUT2D eigenvalue weighted by Gasteiger charge is -2.18. The number of carboxylic acid groups (broad SMARTS) is 1. The zero-order chi connectivity index (χ0) is 18.7. The predicted octanol–water partition coefficient (Wildman–Crippen LogP) is 3.91. The number of methoxy groups -OCH3 is 1. The summed E-state index contributed by atoms with van der Waals surface area (Å²) in [6, 6.07) is 11.8. The van der Waals surface area contributed by atoms with Crippen LogP contribution in [-0.2, 0) is 11.2 Å². The molecule has 0 aliphatic heterocycles. The fourth-order valence-electron chi connectivity index (χ4n) is 2.94. The SMILES string of the molecule is COc1cc(C(C)=O)ccc1NC(Cc1c[nH]c2ccccc12)C(=O)O.Cl. The maximum absolute atomic E-state index is 11.8. The molecule has 6 nitrogen and oxygen atoms in total. The van der Waals surface area contributed by atoms with Gasteiger partial charge < -0.3 is 20.1 Å². The minimum atomic E-state index is -0.965. The Morgan fingerprint density at radius 3 is 2.63 bits per heavy atom. The van der Waals surface area contributed by atoms with Gasteiger partial charge in [0.05, 0.1) is 12.8 Å². The average molecular weight is 389 g/mol. The molecule has 3 aromatic rings. The monoisotopic (exact) mass is 388 g/mol. The first-order chi connectivity index (χ1) is 12.5. The second kappa shape index (κ2) is 8.60. The third-order valence-corrected chi connectivity index (χ3v) is 4.33. The quantitative estimate of drug-likeness (QED) is 0.534. The number of Topliss-reactive ketones (excluding diaryl/α,β-unsaturated/α-hetero) is 1. The zero-order valence-corrected chi connectivity index (χ0v) is 15.8. The molecule has 3 rings (SSSR count). The average Bonchev–Trinajstić information content (AvgIpc) is 3.04. The number of ketones is 1. The molecular weight excluding hydrogens is 368 g/mol. The number of aromatic amines is 1. The molecule has 1 aromatic heterocycles. The Kier molecular flexibility index (Phi) is 6.47. The number of aliphatic carboxylic acids is 1. The first-order valence-electron chi connectivity index (χ1n) is 8.23. The Morgan fingerprint density at radius 1 is 1.22 bits per heavy atom. The van der Waals surface area contributed by atoms with Crippen LogP contribution in [0.25, 0.3) is 10.9 Å². The molecule has 0 saturated carbocycles. The smallest absolute Gasteiger partial charge is 0.326 e. The normalized spacial score (nSPS) is 11.5. The van der Waals surface area contributed by atoms with Crippen molar-refractivity contribution in [3.63, 3.8) is 0 Å². The second-order valence-electron chi connectivity index (χ2n) is 6.07. The molecule has 1 atom stereocenters. The number of H-pyrrole nitrogens is 1. The van der Waals surface area contributed by atoms with Crippen LogP contribution in [0.15, 0.2) is 48.7 Å². The highest BCUT2D eigenvalue weighted by atomic mass is 35.5. The van der Waals surface area contributed by atoms with Crippen LogP contribution in [0, 0.1) is 0 Å². The number of ether oxygens (including phenoxy) is 1. The van der Waals surface area contributed by atoms with Crippen LogP contribution in [-0.4, -0.2) is 35.0 Å². The molecule has 0 spiro atoms. The van der Waals surface area contributed by atoms with Gasteiger partial charge >= 0.3 is 5.97 Å². The van der Waals surface area contributed by atoms with Crippen LogP contribution in [0.2, 0.25) is 0 Å². The zero-order valence-electron chi connectivity index (χ0n) is 15.0. The number of carboxylic acids is 1. The van der Waals surface area contributed by atoms with E-state index in [2.05, 4.69) is 10.3 Å². The van der Waals surface area contributed by atoms with Crippen molar-refractivity contribution in [3.05, 3.63) is 59.8 Å². The minimum Gasteiger partial charge on any atom is -0.495 e. The van der Waals surface area contributed by atoms with E-state index in [4.69, 9.17) is 4.74 Å². The number of rotatable bonds is 7. The molecule has 0 aliphatic carbocycles. The van der Waals surface area contributed by atoms with Gasteiger partial charge in [-0.1, -0.05) is 18.2 Å². The highest BCUT2D eigenvalue weighted by Crippen LogP contribution is 2.28. The molecule has 0 fully saturated rings. The maximum Gasteiger partial charge on any atom is 0.326 e. The van der Waals surface area contributed by atoms with Crippen LogP contribution in [0.1, 0.15) is 22.8 Å². The summed E-state index contributed by atoms with van der Waals surface area (Å²) >= 11 is 0. The van der Waals surface area contributed by atoms with Crippen LogP contribution in [0.4, 0.5) is 5.69 Å². The number of anilines is 1. The predicted molar refractivity (Wildman–Crippen MR) is 107 cm³/mol. The van der Waals surface area contributed by atoms with E-state index in [1.54, 1.807) is 18.2 Å². The van der Waals surface area contributed by atoms with Gasteiger partial charge in [0, 0.05) is 29.1 Å². The van der Waals surface area contributed by atoms with Crippen molar-refractivity contribution in [2.24, 2.45) is 0 Å². The van der Waals surface area contributed by atoms with E-state index in [0.717, 1.165) is 16.5 Å². The molecule has 27 heavy (non-hydrogen) atoms. The van der Waals surface area contributed by atoms with Crippen LogP contribution >= 0.6 is 12.4 Å². The molecular formula is C20H21ClN2O4. The maximum atomic E-state index is 11.8. The van der Waals surface area contributed by atoms with Crippen molar-refractivity contribution in [2.45, 2.75) is 19.4 Å². The molecule has 3 N–H and O–H groups in total. The van der Waals surface area contributed by atoms with Crippen molar-refractivity contribution < 1.29 is 19.4 Å². The van der Waals surface area contributed by atoms with Gasteiger partial charge in [-0.05, 0) is 36.8 Å². The number of fused-ring (bicyclic) bond motifs is 1. The Morgan fingerprint density at radius 2 is 1.96 bits per heavy atom. The van der Waals surface area contributed by atoms with Crippen LogP contribution in [0.5, 0.6) is 5.75 Å². The van der Waals surface area contributed by atoms with Crippen molar-refractivity contribution in [1.29, 1.82) is 0 Å². The Balaban J connectivity index is 0.00000261. The van der Waals surface area contributed by atoms with Crippen molar-refractivity contribution in [3.8, 4) is 5.75 Å². The summed E-state index contributed by atoms with van der Waals surface area (Å²) in [5.41, 5.74) is 2.93. The molecule has 142 valence electrons. The van der Waals surface area contributed by atoms with Gasteiger partial charge in [0.1, 0.15) is 11.8 Å². The lowest BCUT2D eigenvalue weighted by molar-refractivity contribution is -0.137. The first kappa shape index (κ1) is 20.3. The molecule has 0 saturated heterocycles. The number of benzene rings is 2. The molecule has 0 amide bonds. The highest BCUT2D eigenvalue weighted by Gasteiger charge is 2.21. The van der Waals surface area contributed by atoms with E-state index in [-0.39, 0.29) is 18.2 Å². The number of hydrogen-bond acceptors (Lipinski definition) is 4. The van der Waals surface area contributed by atoms with Gasteiger partial charge in [-0.25, -0.2) is 4.79 Å². The second-order valence-corrected chi connectivity index (χ2v) is 6.07. The number of halogens is 1. The molecule has 1 heterocycles. The first-order valence-corrected chi connectivity index (χ1v) is 8.23. The molecule has 1 unspecified atom stereocenters. The third kappa shape index (κ3) is 4.41. The fraction of sp³-hybridized carbons (Fsp3) is 0.200.